The Bertz CT molecular complexity index is 416. The van der Waals surface area contributed by atoms with E-state index in [0.29, 0.717) is 10.9 Å². The van der Waals surface area contributed by atoms with Crippen LogP contribution in [0.1, 0.15) is 35.9 Å². The van der Waals surface area contributed by atoms with Gasteiger partial charge in [-0.05, 0) is 32.9 Å². The van der Waals surface area contributed by atoms with Crippen LogP contribution in [0.3, 0.4) is 0 Å². The number of esters is 1. The molecule has 1 aliphatic rings. The summed E-state index contributed by atoms with van der Waals surface area (Å²) in [4.78, 5) is 18.6. The molecule has 1 unspecified atom stereocenters. The average molecular weight is 283 g/mol. The van der Waals surface area contributed by atoms with Gasteiger partial charge in [0.2, 0.25) is 0 Å². The number of aromatic nitrogens is 1. The van der Waals surface area contributed by atoms with Gasteiger partial charge in [0.15, 0.2) is 5.13 Å². The number of thiazole rings is 1. The third kappa shape index (κ3) is 3.91. The molecule has 6 heteroatoms. The zero-order valence-corrected chi connectivity index (χ0v) is 12.3. The van der Waals surface area contributed by atoms with Crippen LogP contribution < -0.4 is 5.32 Å². The first-order valence-electron chi connectivity index (χ1n) is 6.73. The summed E-state index contributed by atoms with van der Waals surface area (Å²) >= 11 is 1.34. The smallest absolute Gasteiger partial charge is 0.349 e. The normalized spacial score (nSPS) is 18.0. The summed E-state index contributed by atoms with van der Waals surface area (Å²) in [6.45, 7) is 5.46. The SMILES string of the molecule is COC(=O)c1cnc(NCC(C)N2CCCCC2)s1. The highest BCUT2D eigenvalue weighted by atomic mass is 32.1. The van der Waals surface area contributed by atoms with Crippen molar-refractivity contribution in [2.75, 3.05) is 32.1 Å². The monoisotopic (exact) mass is 283 g/mol. The summed E-state index contributed by atoms with van der Waals surface area (Å²) in [5, 5.41) is 4.08. The number of nitrogens with one attached hydrogen (secondary N) is 1. The maximum Gasteiger partial charge on any atom is 0.349 e. The van der Waals surface area contributed by atoms with Crippen molar-refractivity contribution >= 4 is 22.4 Å². The molecule has 2 rings (SSSR count). The van der Waals surface area contributed by atoms with Crippen molar-refractivity contribution in [3.63, 3.8) is 0 Å². The van der Waals surface area contributed by atoms with Gasteiger partial charge < -0.3 is 10.1 Å². The van der Waals surface area contributed by atoms with Crippen LogP contribution in [0, 0.1) is 0 Å². The van der Waals surface area contributed by atoms with Crippen molar-refractivity contribution in [2.24, 2.45) is 0 Å². The van der Waals surface area contributed by atoms with Gasteiger partial charge in [0.25, 0.3) is 0 Å². The van der Waals surface area contributed by atoms with Gasteiger partial charge in [-0.3, -0.25) is 4.90 Å². The highest BCUT2D eigenvalue weighted by Gasteiger charge is 2.17. The molecule has 0 bridgehead atoms. The maximum atomic E-state index is 11.3. The first-order valence-corrected chi connectivity index (χ1v) is 7.54. The van der Waals surface area contributed by atoms with E-state index >= 15 is 0 Å². The van der Waals surface area contributed by atoms with Crippen LogP contribution in [0.4, 0.5) is 5.13 Å². The van der Waals surface area contributed by atoms with Crippen LogP contribution in [0.2, 0.25) is 0 Å². The second kappa shape index (κ2) is 6.86. The molecule has 0 aliphatic carbocycles. The summed E-state index contributed by atoms with van der Waals surface area (Å²) in [6, 6.07) is 0.491. The summed E-state index contributed by atoms with van der Waals surface area (Å²) in [6.07, 6.45) is 5.51. The van der Waals surface area contributed by atoms with Gasteiger partial charge in [0, 0.05) is 12.6 Å². The molecule has 0 radical (unpaired) electrons. The van der Waals surface area contributed by atoms with Crippen molar-refractivity contribution < 1.29 is 9.53 Å². The number of nitrogens with zero attached hydrogens (tertiary/aromatic N) is 2. The summed E-state index contributed by atoms with van der Waals surface area (Å²) < 4.78 is 4.67. The number of carbonyl (C=O) groups excluding carboxylic acids is 1. The van der Waals surface area contributed by atoms with Gasteiger partial charge in [-0.25, -0.2) is 9.78 Å². The second-order valence-corrected chi connectivity index (χ2v) is 5.88. The third-order valence-corrected chi connectivity index (χ3v) is 4.39. The molecule has 1 saturated heterocycles. The number of piperidine rings is 1. The number of anilines is 1. The molecule has 106 valence electrons. The molecular formula is C13H21N3O2S. The lowest BCUT2D eigenvalue weighted by molar-refractivity contribution is 0.0606. The number of carbonyl (C=O) groups is 1. The van der Waals surface area contributed by atoms with Crippen molar-refractivity contribution in [1.29, 1.82) is 0 Å². The fourth-order valence-electron chi connectivity index (χ4n) is 2.27. The van der Waals surface area contributed by atoms with Gasteiger partial charge >= 0.3 is 5.97 Å². The summed E-state index contributed by atoms with van der Waals surface area (Å²) in [5.74, 6) is -0.324. The van der Waals surface area contributed by atoms with E-state index in [1.807, 2.05) is 0 Å². The molecule has 0 amide bonds. The van der Waals surface area contributed by atoms with Crippen molar-refractivity contribution in [1.82, 2.24) is 9.88 Å². The van der Waals surface area contributed by atoms with Crippen LogP contribution in [0.5, 0.6) is 0 Å². The summed E-state index contributed by atoms with van der Waals surface area (Å²) in [5.41, 5.74) is 0. The Morgan fingerprint density at radius 1 is 1.53 bits per heavy atom. The lowest BCUT2D eigenvalue weighted by Gasteiger charge is -2.32. The molecular weight excluding hydrogens is 262 g/mol. The number of likely N-dealkylation sites (tertiary alicyclic amines) is 1. The van der Waals surface area contributed by atoms with Gasteiger partial charge in [-0.2, -0.15) is 0 Å². The van der Waals surface area contributed by atoms with E-state index < -0.39 is 0 Å². The molecule has 1 atom stereocenters. The fraction of sp³-hybridized carbons (Fsp3) is 0.692. The number of ether oxygens (including phenoxy) is 1. The standard InChI is InChI=1S/C13H21N3O2S/c1-10(16-6-4-3-5-7-16)8-14-13-15-9-11(19-13)12(17)18-2/h9-10H,3-8H2,1-2H3,(H,14,15). The Hall–Kier alpha value is -1.14. The molecule has 5 nitrogen and oxygen atoms in total. The Morgan fingerprint density at radius 2 is 2.26 bits per heavy atom. The quantitative estimate of drug-likeness (QED) is 0.840. The number of hydrogen-bond donors (Lipinski definition) is 1. The predicted octanol–water partition coefficient (Wildman–Crippen LogP) is 2.22. The molecule has 1 aliphatic heterocycles. The highest BCUT2D eigenvalue weighted by Crippen LogP contribution is 2.19. The largest absolute Gasteiger partial charge is 0.465 e. The molecule has 0 saturated carbocycles. The van der Waals surface area contributed by atoms with Crippen LogP contribution in [-0.4, -0.2) is 48.6 Å². The fourth-order valence-corrected chi connectivity index (χ4v) is 3.02. The van der Waals surface area contributed by atoms with Crippen molar-refractivity contribution in [2.45, 2.75) is 32.2 Å². The van der Waals surface area contributed by atoms with Gasteiger partial charge in [0.05, 0.1) is 13.3 Å². The molecule has 0 spiro atoms. The van der Waals surface area contributed by atoms with E-state index in [1.54, 1.807) is 6.20 Å². The minimum atomic E-state index is -0.324. The summed E-state index contributed by atoms with van der Waals surface area (Å²) in [7, 11) is 1.38. The van der Waals surface area contributed by atoms with E-state index in [-0.39, 0.29) is 5.97 Å². The molecule has 2 heterocycles. The lowest BCUT2D eigenvalue weighted by Crippen LogP contribution is -2.41. The average Bonchev–Trinajstić information content (AvgIpc) is 2.93. The van der Waals surface area contributed by atoms with Gasteiger partial charge in [-0.15, -0.1) is 0 Å². The molecule has 1 aromatic heterocycles. The number of methoxy groups -OCH3 is 1. The first kappa shape index (κ1) is 14.3. The molecule has 1 N–H and O–H groups in total. The second-order valence-electron chi connectivity index (χ2n) is 4.85. The zero-order valence-electron chi connectivity index (χ0n) is 11.5. The Morgan fingerprint density at radius 3 is 2.95 bits per heavy atom. The van der Waals surface area contributed by atoms with Crippen molar-refractivity contribution in [3.05, 3.63) is 11.1 Å². The van der Waals surface area contributed by atoms with E-state index in [9.17, 15) is 4.79 Å². The third-order valence-electron chi connectivity index (χ3n) is 3.45. The van der Waals surface area contributed by atoms with Crippen LogP contribution in [0.25, 0.3) is 0 Å². The van der Waals surface area contributed by atoms with Gasteiger partial charge in [-0.1, -0.05) is 17.8 Å². The minimum Gasteiger partial charge on any atom is -0.465 e. The number of hydrogen-bond acceptors (Lipinski definition) is 6. The Labute approximate surface area is 118 Å². The molecule has 19 heavy (non-hydrogen) atoms. The van der Waals surface area contributed by atoms with Gasteiger partial charge in [0.1, 0.15) is 4.88 Å². The van der Waals surface area contributed by atoms with Crippen LogP contribution >= 0.6 is 11.3 Å². The van der Waals surface area contributed by atoms with Crippen LogP contribution in [0.15, 0.2) is 6.20 Å². The Kier molecular flexibility index (Phi) is 5.15. The predicted molar refractivity (Wildman–Crippen MR) is 76.8 cm³/mol. The van der Waals surface area contributed by atoms with Crippen LogP contribution in [-0.2, 0) is 4.74 Å². The maximum absolute atomic E-state index is 11.3. The molecule has 0 aromatic carbocycles. The lowest BCUT2D eigenvalue weighted by atomic mass is 10.1. The molecule has 1 aromatic rings. The Balaban J connectivity index is 1.81. The van der Waals surface area contributed by atoms with Crippen molar-refractivity contribution in [3.8, 4) is 0 Å². The van der Waals surface area contributed by atoms with E-state index in [1.165, 1.54) is 50.8 Å². The van der Waals surface area contributed by atoms with E-state index in [4.69, 9.17) is 0 Å². The van der Waals surface area contributed by atoms with E-state index in [2.05, 4.69) is 26.9 Å². The minimum absolute atomic E-state index is 0.324. The number of rotatable bonds is 5. The first-order chi connectivity index (χ1) is 9.20. The highest BCUT2D eigenvalue weighted by molar-refractivity contribution is 7.17. The van der Waals surface area contributed by atoms with E-state index in [0.717, 1.165) is 11.7 Å². The molecule has 1 fully saturated rings. The topological polar surface area (TPSA) is 54.5 Å². The zero-order chi connectivity index (χ0) is 13.7.